The predicted octanol–water partition coefficient (Wildman–Crippen LogP) is 4.41. The van der Waals surface area contributed by atoms with E-state index in [1.54, 1.807) is 6.92 Å². The number of benzene rings is 2. The molecule has 122 valence electrons. The first-order valence-electron chi connectivity index (χ1n) is 7.22. The van der Waals surface area contributed by atoms with Gasteiger partial charge in [0.2, 0.25) is 5.78 Å². The number of halogens is 2. The molecule has 24 heavy (non-hydrogen) atoms. The van der Waals surface area contributed by atoms with E-state index in [-0.39, 0.29) is 34.3 Å². The smallest absolute Gasteiger partial charge is 0.310 e. The third-order valence-electron chi connectivity index (χ3n) is 3.44. The number of ether oxygens (including phenoxy) is 2. The van der Waals surface area contributed by atoms with Gasteiger partial charge in [-0.15, -0.1) is 0 Å². The highest BCUT2D eigenvalue weighted by molar-refractivity contribution is 6.32. The maximum atomic E-state index is 13.9. The maximum absolute atomic E-state index is 13.9. The van der Waals surface area contributed by atoms with E-state index in [1.807, 2.05) is 0 Å². The minimum Gasteiger partial charge on any atom is -0.452 e. The average molecular weight is 347 g/mol. The van der Waals surface area contributed by atoms with Gasteiger partial charge in [0, 0.05) is 18.1 Å². The molecule has 0 N–H and O–H groups in total. The van der Waals surface area contributed by atoms with Gasteiger partial charge in [-0.25, -0.2) is 4.39 Å². The van der Waals surface area contributed by atoms with E-state index >= 15 is 0 Å². The number of carbonyl (C=O) groups excluding carboxylic acids is 2. The first-order valence-corrected chi connectivity index (χ1v) is 7.60. The molecule has 1 aliphatic heterocycles. The van der Waals surface area contributed by atoms with E-state index in [2.05, 4.69) is 0 Å². The van der Waals surface area contributed by atoms with Gasteiger partial charge in [0.1, 0.15) is 17.3 Å². The van der Waals surface area contributed by atoms with Crippen LogP contribution in [0, 0.1) is 5.82 Å². The number of fused-ring (bicyclic) bond motifs is 1. The molecule has 0 atom stereocenters. The molecule has 0 aromatic heterocycles. The Morgan fingerprint density at radius 2 is 2.12 bits per heavy atom. The van der Waals surface area contributed by atoms with Crippen molar-refractivity contribution in [3.8, 4) is 11.5 Å². The molecule has 0 saturated carbocycles. The Balaban J connectivity index is 1.93. The summed E-state index contributed by atoms with van der Waals surface area (Å²) in [6.45, 7) is 1.68. The lowest BCUT2D eigenvalue weighted by Crippen LogP contribution is -2.05. The zero-order chi connectivity index (χ0) is 17.3. The van der Waals surface area contributed by atoms with Gasteiger partial charge in [-0.1, -0.05) is 24.6 Å². The van der Waals surface area contributed by atoms with E-state index in [1.165, 1.54) is 42.5 Å². The minimum absolute atomic E-state index is 0.0454. The number of allylic oxidation sites excluding steroid dienone is 1. The molecule has 0 radical (unpaired) electrons. The predicted molar refractivity (Wildman–Crippen MR) is 86.7 cm³/mol. The molecule has 6 heteroatoms. The van der Waals surface area contributed by atoms with Gasteiger partial charge in [-0.05, 0) is 30.3 Å². The van der Waals surface area contributed by atoms with Crippen LogP contribution in [-0.2, 0) is 4.79 Å². The first-order chi connectivity index (χ1) is 11.5. The summed E-state index contributed by atoms with van der Waals surface area (Å²) < 4.78 is 24.4. The van der Waals surface area contributed by atoms with Crippen LogP contribution in [0.1, 0.15) is 29.3 Å². The van der Waals surface area contributed by atoms with Crippen molar-refractivity contribution in [3.63, 3.8) is 0 Å². The fourth-order valence-electron chi connectivity index (χ4n) is 2.21. The standard InChI is InChI=1S/C18H12ClFO4/c1-2-17(21)23-10-6-7-11-15(8-10)24-16(18(11)22)9-12-13(19)4-3-5-14(12)20/h3-9H,2H2,1H3. The molecule has 1 heterocycles. The molecule has 0 spiro atoms. The molecule has 1 aliphatic rings. The molecule has 2 aromatic rings. The van der Waals surface area contributed by atoms with Gasteiger partial charge >= 0.3 is 5.97 Å². The summed E-state index contributed by atoms with van der Waals surface area (Å²) >= 11 is 5.96. The van der Waals surface area contributed by atoms with Gasteiger partial charge in [-0.2, -0.15) is 0 Å². The molecule has 3 rings (SSSR count). The van der Waals surface area contributed by atoms with Crippen molar-refractivity contribution >= 4 is 29.4 Å². The van der Waals surface area contributed by atoms with Crippen LogP contribution in [0.15, 0.2) is 42.2 Å². The second-order valence-electron chi connectivity index (χ2n) is 5.06. The van der Waals surface area contributed by atoms with Crippen LogP contribution in [0.25, 0.3) is 6.08 Å². The number of hydrogen-bond acceptors (Lipinski definition) is 4. The first kappa shape index (κ1) is 16.2. The van der Waals surface area contributed by atoms with Gasteiger partial charge in [-0.3, -0.25) is 9.59 Å². The molecule has 2 aromatic carbocycles. The summed E-state index contributed by atoms with van der Waals surface area (Å²) in [6.07, 6.45) is 1.49. The summed E-state index contributed by atoms with van der Waals surface area (Å²) in [5, 5.41) is 0.174. The van der Waals surface area contributed by atoms with Gasteiger partial charge in [0.15, 0.2) is 5.76 Å². The summed E-state index contributed by atoms with van der Waals surface area (Å²) in [6, 6.07) is 8.69. The van der Waals surface area contributed by atoms with Crippen LogP contribution in [0.4, 0.5) is 4.39 Å². The molecule has 0 fully saturated rings. The fraction of sp³-hybridized carbons (Fsp3) is 0.111. The van der Waals surface area contributed by atoms with Crippen molar-refractivity contribution in [3.05, 3.63) is 64.1 Å². The molecule has 0 bridgehead atoms. The van der Waals surface area contributed by atoms with Crippen molar-refractivity contribution in [2.24, 2.45) is 0 Å². The Morgan fingerprint density at radius 1 is 1.33 bits per heavy atom. The van der Waals surface area contributed by atoms with Crippen molar-refractivity contribution < 1.29 is 23.5 Å². The zero-order valence-electron chi connectivity index (χ0n) is 12.6. The lowest BCUT2D eigenvalue weighted by Gasteiger charge is -2.04. The average Bonchev–Trinajstić information content (AvgIpc) is 2.86. The van der Waals surface area contributed by atoms with E-state index < -0.39 is 17.6 Å². The Bertz CT molecular complexity index is 853. The van der Waals surface area contributed by atoms with E-state index in [4.69, 9.17) is 21.1 Å². The van der Waals surface area contributed by atoms with Crippen LogP contribution in [0.3, 0.4) is 0 Å². The lowest BCUT2D eigenvalue weighted by atomic mass is 10.1. The molecular weight excluding hydrogens is 335 g/mol. The van der Waals surface area contributed by atoms with Crippen LogP contribution in [0.2, 0.25) is 5.02 Å². The molecule has 4 nitrogen and oxygen atoms in total. The number of Topliss-reactive ketones (excluding diaryl/α,β-unsaturated/α-hetero) is 1. The molecule has 0 amide bonds. The largest absolute Gasteiger partial charge is 0.452 e. The van der Waals surface area contributed by atoms with E-state index in [0.29, 0.717) is 5.56 Å². The van der Waals surface area contributed by atoms with Crippen molar-refractivity contribution in [1.29, 1.82) is 0 Å². The highest BCUT2D eigenvalue weighted by Crippen LogP contribution is 2.35. The molecule has 0 saturated heterocycles. The van der Waals surface area contributed by atoms with E-state index in [0.717, 1.165) is 0 Å². The number of carbonyl (C=O) groups is 2. The monoisotopic (exact) mass is 346 g/mol. The van der Waals surface area contributed by atoms with Crippen molar-refractivity contribution in [2.75, 3.05) is 0 Å². The lowest BCUT2D eigenvalue weighted by molar-refractivity contribution is -0.134. The third kappa shape index (κ3) is 3.03. The van der Waals surface area contributed by atoms with Gasteiger partial charge in [0.25, 0.3) is 0 Å². The Kier molecular flexibility index (Phi) is 4.36. The van der Waals surface area contributed by atoms with Gasteiger partial charge < -0.3 is 9.47 Å². The van der Waals surface area contributed by atoms with E-state index in [9.17, 15) is 14.0 Å². The summed E-state index contributed by atoms with van der Waals surface area (Å²) in [5.74, 6) is -0.861. The Labute approximate surface area is 142 Å². The normalized spacial score (nSPS) is 14.5. The highest BCUT2D eigenvalue weighted by atomic mass is 35.5. The quantitative estimate of drug-likeness (QED) is 0.469. The molecule has 0 unspecified atom stereocenters. The Hall–Kier alpha value is -2.66. The van der Waals surface area contributed by atoms with Crippen LogP contribution < -0.4 is 9.47 Å². The number of esters is 1. The maximum Gasteiger partial charge on any atom is 0.310 e. The third-order valence-corrected chi connectivity index (χ3v) is 3.77. The zero-order valence-corrected chi connectivity index (χ0v) is 13.4. The summed E-state index contributed by atoms with van der Waals surface area (Å²) in [4.78, 5) is 23.7. The second-order valence-corrected chi connectivity index (χ2v) is 5.47. The van der Waals surface area contributed by atoms with Crippen LogP contribution in [0.5, 0.6) is 11.5 Å². The number of hydrogen-bond donors (Lipinski definition) is 0. The van der Waals surface area contributed by atoms with Gasteiger partial charge in [0.05, 0.1) is 10.6 Å². The molecular formula is C18H12ClFO4. The second kappa shape index (κ2) is 6.45. The SMILES string of the molecule is CCC(=O)Oc1ccc2c(c1)OC(=Cc1c(F)cccc1Cl)C2=O. The minimum atomic E-state index is -0.556. The Morgan fingerprint density at radius 3 is 2.83 bits per heavy atom. The summed E-state index contributed by atoms with van der Waals surface area (Å²) in [5.41, 5.74) is 0.387. The number of rotatable bonds is 3. The molecule has 0 aliphatic carbocycles. The topological polar surface area (TPSA) is 52.6 Å². The fourth-order valence-corrected chi connectivity index (χ4v) is 2.43. The van der Waals surface area contributed by atoms with Crippen molar-refractivity contribution in [1.82, 2.24) is 0 Å². The van der Waals surface area contributed by atoms with Crippen LogP contribution in [-0.4, -0.2) is 11.8 Å². The number of ketones is 1. The summed E-state index contributed by atoms with van der Waals surface area (Å²) in [7, 11) is 0. The highest BCUT2D eigenvalue weighted by Gasteiger charge is 2.28. The van der Waals surface area contributed by atoms with Crippen molar-refractivity contribution in [2.45, 2.75) is 13.3 Å². The van der Waals surface area contributed by atoms with Crippen LogP contribution >= 0.6 is 11.6 Å².